The second-order valence-corrected chi connectivity index (χ2v) is 6.84. The second-order valence-electron chi connectivity index (χ2n) is 6.84. The Morgan fingerprint density at radius 3 is 2.25 bits per heavy atom. The molecule has 2 fully saturated rings. The standard InChI is InChI=1S/C14H27NO/c1-14(2,3)13(16)8-9-15(12-6-7-12)10-11-4-5-11/h11-13,16H,4-10H2,1-3H3. The fraction of sp³-hybridized carbons (Fsp3) is 1.00. The Hall–Kier alpha value is -0.0800. The number of rotatable bonds is 6. The predicted octanol–water partition coefficient (Wildman–Crippen LogP) is 2.66. The lowest BCUT2D eigenvalue weighted by molar-refractivity contribution is 0.0442. The van der Waals surface area contributed by atoms with E-state index in [1.807, 2.05) is 0 Å². The number of hydrogen-bond acceptors (Lipinski definition) is 2. The smallest absolute Gasteiger partial charge is 0.0600 e. The minimum atomic E-state index is -0.159. The van der Waals surface area contributed by atoms with Crippen LogP contribution >= 0.6 is 0 Å². The van der Waals surface area contributed by atoms with Crippen LogP contribution in [0.2, 0.25) is 0 Å². The average Bonchev–Trinajstić information content (AvgIpc) is 2.97. The zero-order valence-corrected chi connectivity index (χ0v) is 11.1. The second kappa shape index (κ2) is 4.66. The summed E-state index contributed by atoms with van der Waals surface area (Å²) in [5.74, 6) is 0.979. The molecule has 2 aliphatic rings. The van der Waals surface area contributed by atoms with Crippen molar-refractivity contribution in [3.63, 3.8) is 0 Å². The Morgan fingerprint density at radius 1 is 1.19 bits per heavy atom. The van der Waals surface area contributed by atoms with Crippen LogP contribution in [0.25, 0.3) is 0 Å². The molecule has 2 rings (SSSR count). The maximum atomic E-state index is 10.1. The number of nitrogens with zero attached hydrogens (tertiary/aromatic N) is 1. The largest absolute Gasteiger partial charge is 0.393 e. The fourth-order valence-corrected chi connectivity index (χ4v) is 2.22. The Labute approximate surface area is 100 Å². The molecule has 1 N–H and O–H groups in total. The van der Waals surface area contributed by atoms with Gasteiger partial charge in [-0.2, -0.15) is 0 Å². The highest BCUT2D eigenvalue weighted by atomic mass is 16.3. The molecule has 0 radical (unpaired) electrons. The third kappa shape index (κ3) is 3.74. The number of aliphatic hydroxyl groups excluding tert-OH is 1. The van der Waals surface area contributed by atoms with Crippen LogP contribution in [0.1, 0.15) is 52.9 Å². The first-order chi connectivity index (χ1) is 7.47. The van der Waals surface area contributed by atoms with Crippen molar-refractivity contribution >= 4 is 0 Å². The van der Waals surface area contributed by atoms with E-state index in [9.17, 15) is 5.11 Å². The third-order valence-corrected chi connectivity index (χ3v) is 3.94. The molecule has 16 heavy (non-hydrogen) atoms. The first kappa shape index (κ1) is 12.4. The van der Waals surface area contributed by atoms with Crippen LogP contribution in [0.3, 0.4) is 0 Å². The van der Waals surface area contributed by atoms with Crippen molar-refractivity contribution in [1.82, 2.24) is 4.90 Å². The molecule has 0 aromatic rings. The molecule has 0 saturated heterocycles. The highest BCUT2D eigenvalue weighted by Crippen LogP contribution is 2.35. The van der Waals surface area contributed by atoms with Crippen LogP contribution in [-0.4, -0.2) is 35.2 Å². The van der Waals surface area contributed by atoms with Gasteiger partial charge in [-0.15, -0.1) is 0 Å². The highest BCUT2D eigenvalue weighted by Gasteiger charge is 2.34. The summed E-state index contributed by atoms with van der Waals surface area (Å²) in [5.41, 5.74) is 0.0365. The Balaban J connectivity index is 1.72. The highest BCUT2D eigenvalue weighted by molar-refractivity contribution is 4.89. The number of hydrogen-bond donors (Lipinski definition) is 1. The van der Waals surface area contributed by atoms with E-state index in [1.54, 1.807) is 0 Å². The van der Waals surface area contributed by atoms with Gasteiger partial charge in [0.25, 0.3) is 0 Å². The van der Waals surface area contributed by atoms with Crippen LogP contribution in [-0.2, 0) is 0 Å². The SMILES string of the molecule is CC(C)(C)C(O)CCN(CC1CC1)C1CC1. The first-order valence-corrected chi connectivity index (χ1v) is 6.89. The molecule has 1 atom stereocenters. The van der Waals surface area contributed by atoms with Crippen molar-refractivity contribution in [2.45, 2.75) is 65.0 Å². The van der Waals surface area contributed by atoms with E-state index in [4.69, 9.17) is 0 Å². The van der Waals surface area contributed by atoms with Crippen molar-refractivity contribution in [1.29, 1.82) is 0 Å². The molecule has 2 nitrogen and oxygen atoms in total. The van der Waals surface area contributed by atoms with E-state index in [0.717, 1.165) is 24.9 Å². The summed E-state index contributed by atoms with van der Waals surface area (Å²) in [6, 6.07) is 0.854. The van der Waals surface area contributed by atoms with Crippen molar-refractivity contribution in [2.75, 3.05) is 13.1 Å². The summed E-state index contributed by atoms with van der Waals surface area (Å²) >= 11 is 0. The summed E-state index contributed by atoms with van der Waals surface area (Å²) in [4.78, 5) is 2.63. The monoisotopic (exact) mass is 225 g/mol. The van der Waals surface area contributed by atoms with Crippen molar-refractivity contribution in [3.8, 4) is 0 Å². The average molecular weight is 225 g/mol. The molecule has 1 unspecified atom stereocenters. The molecule has 0 aromatic heterocycles. The van der Waals surface area contributed by atoms with Gasteiger partial charge in [-0.05, 0) is 43.4 Å². The first-order valence-electron chi connectivity index (χ1n) is 6.89. The quantitative estimate of drug-likeness (QED) is 0.751. The molecule has 94 valence electrons. The zero-order chi connectivity index (χ0) is 11.8. The van der Waals surface area contributed by atoms with Gasteiger partial charge in [-0.3, -0.25) is 0 Å². The van der Waals surface area contributed by atoms with Gasteiger partial charge in [-0.25, -0.2) is 0 Å². The molecule has 2 saturated carbocycles. The maximum Gasteiger partial charge on any atom is 0.0600 e. The molecular weight excluding hydrogens is 198 g/mol. The fourth-order valence-electron chi connectivity index (χ4n) is 2.22. The van der Waals surface area contributed by atoms with Gasteiger partial charge in [0.1, 0.15) is 0 Å². The van der Waals surface area contributed by atoms with Crippen molar-refractivity contribution in [3.05, 3.63) is 0 Å². The molecule has 0 aliphatic heterocycles. The molecule has 2 aliphatic carbocycles. The van der Waals surface area contributed by atoms with E-state index >= 15 is 0 Å². The number of aliphatic hydroxyl groups is 1. The normalized spacial score (nSPS) is 23.8. The Bertz CT molecular complexity index is 225. The minimum Gasteiger partial charge on any atom is -0.393 e. The van der Waals surface area contributed by atoms with Gasteiger partial charge in [0.2, 0.25) is 0 Å². The molecular formula is C14H27NO. The van der Waals surface area contributed by atoms with Crippen LogP contribution in [0, 0.1) is 11.3 Å². The summed E-state index contributed by atoms with van der Waals surface area (Å²) in [6.45, 7) is 8.77. The van der Waals surface area contributed by atoms with Crippen LogP contribution in [0.4, 0.5) is 0 Å². The van der Waals surface area contributed by atoms with E-state index in [2.05, 4.69) is 25.7 Å². The summed E-state index contributed by atoms with van der Waals surface area (Å²) < 4.78 is 0. The molecule has 0 bridgehead atoms. The Morgan fingerprint density at radius 2 is 1.81 bits per heavy atom. The van der Waals surface area contributed by atoms with Crippen LogP contribution < -0.4 is 0 Å². The van der Waals surface area contributed by atoms with Gasteiger partial charge >= 0.3 is 0 Å². The molecule has 0 amide bonds. The molecule has 0 aromatic carbocycles. The van der Waals surface area contributed by atoms with Gasteiger partial charge in [0.15, 0.2) is 0 Å². The van der Waals surface area contributed by atoms with Gasteiger partial charge in [0.05, 0.1) is 6.10 Å². The lowest BCUT2D eigenvalue weighted by Gasteiger charge is -2.29. The van der Waals surface area contributed by atoms with E-state index in [0.29, 0.717) is 0 Å². The predicted molar refractivity (Wildman–Crippen MR) is 67.4 cm³/mol. The lowest BCUT2D eigenvalue weighted by Crippen LogP contribution is -2.35. The maximum absolute atomic E-state index is 10.1. The molecule has 0 spiro atoms. The van der Waals surface area contributed by atoms with Gasteiger partial charge in [0, 0.05) is 19.1 Å². The summed E-state index contributed by atoms with van der Waals surface area (Å²) in [5, 5.41) is 10.1. The topological polar surface area (TPSA) is 23.5 Å². The Kier molecular flexibility index (Phi) is 3.60. The van der Waals surface area contributed by atoms with Crippen molar-refractivity contribution in [2.24, 2.45) is 11.3 Å². The van der Waals surface area contributed by atoms with Gasteiger partial charge < -0.3 is 10.0 Å². The van der Waals surface area contributed by atoms with E-state index in [-0.39, 0.29) is 11.5 Å². The molecule has 2 heteroatoms. The van der Waals surface area contributed by atoms with E-state index < -0.39 is 0 Å². The van der Waals surface area contributed by atoms with Crippen LogP contribution in [0.15, 0.2) is 0 Å². The minimum absolute atomic E-state index is 0.0365. The summed E-state index contributed by atoms with van der Waals surface area (Å²) in [7, 11) is 0. The van der Waals surface area contributed by atoms with Crippen molar-refractivity contribution < 1.29 is 5.11 Å². The lowest BCUT2D eigenvalue weighted by atomic mass is 9.87. The van der Waals surface area contributed by atoms with Crippen LogP contribution in [0.5, 0.6) is 0 Å². The summed E-state index contributed by atoms with van der Waals surface area (Å²) in [6.07, 6.45) is 6.42. The van der Waals surface area contributed by atoms with E-state index in [1.165, 1.54) is 32.2 Å². The van der Waals surface area contributed by atoms with Gasteiger partial charge in [-0.1, -0.05) is 20.8 Å². The molecule has 0 heterocycles. The third-order valence-electron chi connectivity index (χ3n) is 3.94. The zero-order valence-electron chi connectivity index (χ0n) is 11.1.